The van der Waals surface area contributed by atoms with Gasteiger partial charge in [-0.15, -0.1) is 0 Å². The van der Waals surface area contributed by atoms with Crippen LogP contribution >= 0.6 is 0 Å². The molecule has 0 aromatic carbocycles. The van der Waals surface area contributed by atoms with Gasteiger partial charge in [-0.25, -0.2) is 0 Å². The Morgan fingerprint density at radius 3 is 2.50 bits per heavy atom. The third-order valence-corrected chi connectivity index (χ3v) is 3.27. The van der Waals surface area contributed by atoms with Crippen LogP contribution in [0.2, 0.25) is 0 Å². The third-order valence-electron chi connectivity index (χ3n) is 3.27. The van der Waals surface area contributed by atoms with Gasteiger partial charge in [-0.3, -0.25) is 4.79 Å². The zero-order chi connectivity index (χ0) is 10.2. The molecule has 2 saturated heterocycles. The molecule has 0 aromatic heterocycles. The molecule has 2 heterocycles. The minimum absolute atomic E-state index is 0.0916. The molecule has 2 unspecified atom stereocenters. The molecule has 0 spiro atoms. The van der Waals surface area contributed by atoms with Gasteiger partial charge in [0.1, 0.15) is 0 Å². The van der Waals surface area contributed by atoms with Crippen LogP contribution < -0.4 is 5.32 Å². The van der Waals surface area contributed by atoms with Gasteiger partial charge in [-0.05, 0) is 0 Å². The van der Waals surface area contributed by atoms with Crippen molar-refractivity contribution in [2.45, 2.75) is 12.0 Å². The van der Waals surface area contributed by atoms with Crippen LogP contribution in [0.4, 0.5) is 0 Å². The van der Waals surface area contributed by atoms with Crippen LogP contribution in [-0.2, 0) is 9.53 Å². The Hall–Kier alpha value is -0.650. The lowest BCUT2D eigenvalue weighted by Crippen LogP contribution is -2.63. The average Bonchev–Trinajstić information content (AvgIpc) is 1.99. The Kier molecular flexibility index (Phi) is 2.47. The number of nitrogens with one attached hydrogen (secondary N) is 1. The molecule has 0 radical (unpaired) electrons. The van der Waals surface area contributed by atoms with E-state index >= 15 is 0 Å². The Morgan fingerprint density at radius 2 is 2.00 bits per heavy atom. The smallest absolute Gasteiger partial charge is 0.306 e. The summed E-state index contributed by atoms with van der Waals surface area (Å²) in [5.41, 5.74) is -1.07. The molecule has 2 rings (SSSR count). The van der Waals surface area contributed by atoms with Crippen molar-refractivity contribution in [3.8, 4) is 0 Å². The zero-order valence-electron chi connectivity index (χ0n) is 7.90. The van der Waals surface area contributed by atoms with Crippen molar-refractivity contribution < 1.29 is 19.7 Å². The van der Waals surface area contributed by atoms with E-state index < -0.39 is 11.6 Å². The van der Waals surface area contributed by atoms with Crippen molar-refractivity contribution in [2.75, 3.05) is 26.3 Å². The lowest BCUT2D eigenvalue weighted by molar-refractivity contribution is -0.182. The number of hydrogen-bond acceptors (Lipinski definition) is 4. The van der Waals surface area contributed by atoms with Gasteiger partial charge < -0.3 is 20.3 Å². The molecule has 0 amide bonds. The summed E-state index contributed by atoms with van der Waals surface area (Å²) in [6.07, 6.45) is -0.173. The van der Waals surface area contributed by atoms with Gasteiger partial charge in [-0.1, -0.05) is 0 Å². The molecule has 0 saturated carbocycles. The quantitative estimate of drug-likeness (QED) is 0.537. The highest BCUT2D eigenvalue weighted by molar-refractivity contribution is 5.68. The van der Waals surface area contributed by atoms with Crippen molar-refractivity contribution in [1.29, 1.82) is 0 Å². The molecule has 2 atom stereocenters. The molecule has 5 heteroatoms. The van der Waals surface area contributed by atoms with E-state index in [9.17, 15) is 9.90 Å². The number of aliphatic carboxylic acids is 1. The standard InChI is InChI=1S/C9H15NO4/c11-8(12)1-9(13)6-2-10-3-7(9)5-14-4-6/h6-7,10,13H,1-5H2,(H,11,12). The van der Waals surface area contributed by atoms with Crippen molar-refractivity contribution in [1.82, 2.24) is 5.32 Å². The predicted octanol–water partition coefficient (Wildman–Crippen LogP) is -0.942. The third kappa shape index (κ3) is 1.51. The number of carboxylic acid groups (broad SMARTS) is 1. The Balaban J connectivity index is 2.17. The summed E-state index contributed by atoms with van der Waals surface area (Å²) in [5, 5.41) is 22.3. The van der Waals surface area contributed by atoms with E-state index in [1.54, 1.807) is 0 Å². The summed E-state index contributed by atoms with van der Waals surface area (Å²) >= 11 is 0. The molecule has 80 valence electrons. The van der Waals surface area contributed by atoms with Crippen molar-refractivity contribution in [2.24, 2.45) is 11.8 Å². The first-order valence-electron chi connectivity index (χ1n) is 4.85. The summed E-state index contributed by atoms with van der Waals surface area (Å²) in [6, 6.07) is 0. The maximum Gasteiger partial charge on any atom is 0.306 e. The van der Waals surface area contributed by atoms with Gasteiger partial charge in [0.2, 0.25) is 0 Å². The molecule has 0 aromatic rings. The first kappa shape index (κ1) is 9.89. The maximum absolute atomic E-state index is 10.7. The fraction of sp³-hybridized carbons (Fsp3) is 0.889. The first-order chi connectivity index (χ1) is 6.63. The Bertz CT molecular complexity index is 221. The van der Waals surface area contributed by atoms with Crippen LogP contribution in [0.25, 0.3) is 0 Å². The Morgan fingerprint density at radius 1 is 1.43 bits per heavy atom. The van der Waals surface area contributed by atoms with E-state index in [-0.39, 0.29) is 18.3 Å². The number of piperidine rings is 1. The second-order valence-corrected chi connectivity index (χ2v) is 4.15. The highest BCUT2D eigenvalue weighted by atomic mass is 16.5. The summed E-state index contributed by atoms with van der Waals surface area (Å²) in [5.74, 6) is -1.12. The maximum atomic E-state index is 10.7. The number of hydrogen-bond donors (Lipinski definition) is 3. The molecular weight excluding hydrogens is 186 g/mol. The van der Waals surface area contributed by atoms with E-state index in [0.717, 1.165) is 0 Å². The first-order valence-corrected chi connectivity index (χ1v) is 4.85. The van der Waals surface area contributed by atoms with E-state index in [1.807, 2.05) is 0 Å². The summed E-state index contributed by atoms with van der Waals surface area (Å²) in [7, 11) is 0. The van der Waals surface area contributed by atoms with Crippen molar-refractivity contribution in [3.05, 3.63) is 0 Å². The number of carbonyl (C=O) groups is 1. The van der Waals surface area contributed by atoms with Crippen LogP contribution in [0, 0.1) is 11.8 Å². The van der Waals surface area contributed by atoms with Crippen LogP contribution in [0.1, 0.15) is 6.42 Å². The molecule has 2 aliphatic rings. The minimum atomic E-state index is -1.07. The second-order valence-electron chi connectivity index (χ2n) is 4.15. The molecule has 5 nitrogen and oxygen atoms in total. The number of ether oxygens (including phenoxy) is 1. The number of rotatable bonds is 2. The van der Waals surface area contributed by atoms with Crippen LogP contribution in [0.5, 0.6) is 0 Å². The lowest BCUT2D eigenvalue weighted by Gasteiger charge is -2.48. The van der Waals surface area contributed by atoms with Gasteiger partial charge >= 0.3 is 5.97 Å². The largest absolute Gasteiger partial charge is 0.481 e. The fourth-order valence-electron chi connectivity index (χ4n) is 2.41. The summed E-state index contributed by atoms with van der Waals surface area (Å²) in [4.78, 5) is 10.7. The lowest BCUT2D eigenvalue weighted by atomic mass is 9.71. The van der Waals surface area contributed by atoms with E-state index in [0.29, 0.717) is 26.3 Å². The van der Waals surface area contributed by atoms with Crippen LogP contribution in [0.15, 0.2) is 0 Å². The summed E-state index contributed by atoms with van der Waals surface area (Å²) < 4.78 is 5.32. The molecule has 2 bridgehead atoms. The van der Waals surface area contributed by atoms with Gasteiger partial charge in [0.05, 0.1) is 25.2 Å². The molecule has 0 aliphatic carbocycles. The average molecular weight is 201 g/mol. The van der Waals surface area contributed by atoms with Crippen LogP contribution in [-0.4, -0.2) is 48.1 Å². The topological polar surface area (TPSA) is 78.8 Å². The normalized spacial score (nSPS) is 42.1. The van der Waals surface area contributed by atoms with Gasteiger partial charge in [0.15, 0.2) is 0 Å². The Labute approximate surface area is 82.1 Å². The van der Waals surface area contributed by atoms with Crippen LogP contribution in [0.3, 0.4) is 0 Å². The highest BCUT2D eigenvalue weighted by Gasteiger charge is 2.50. The van der Waals surface area contributed by atoms with Gasteiger partial charge in [0, 0.05) is 24.9 Å². The minimum Gasteiger partial charge on any atom is -0.481 e. The van der Waals surface area contributed by atoms with Gasteiger partial charge in [0.25, 0.3) is 0 Å². The van der Waals surface area contributed by atoms with E-state index in [2.05, 4.69) is 5.32 Å². The van der Waals surface area contributed by atoms with Crippen molar-refractivity contribution in [3.63, 3.8) is 0 Å². The molecule has 2 aliphatic heterocycles. The van der Waals surface area contributed by atoms with Crippen molar-refractivity contribution >= 4 is 5.97 Å². The molecule has 2 fully saturated rings. The monoisotopic (exact) mass is 201 g/mol. The molecule has 14 heavy (non-hydrogen) atoms. The SMILES string of the molecule is O=C(O)CC1(O)C2CNCC1COC2. The zero-order valence-corrected chi connectivity index (χ0v) is 7.90. The number of carboxylic acids is 1. The second kappa shape index (κ2) is 3.49. The highest BCUT2D eigenvalue weighted by Crippen LogP contribution is 2.36. The van der Waals surface area contributed by atoms with E-state index in [1.165, 1.54) is 0 Å². The molecular formula is C9H15NO4. The summed E-state index contributed by atoms with van der Waals surface area (Å²) in [6.45, 7) is 2.18. The fourth-order valence-corrected chi connectivity index (χ4v) is 2.41. The number of aliphatic hydroxyl groups is 1. The molecule has 3 N–H and O–H groups in total. The van der Waals surface area contributed by atoms with Gasteiger partial charge in [-0.2, -0.15) is 0 Å². The predicted molar refractivity (Wildman–Crippen MR) is 47.9 cm³/mol. The number of fused-ring (bicyclic) bond motifs is 2. The van der Waals surface area contributed by atoms with E-state index in [4.69, 9.17) is 9.84 Å².